The molecule has 4 unspecified atom stereocenters. The third-order valence-corrected chi connectivity index (χ3v) is 4.77. The van der Waals surface area contributed by atoms with Crippen molar-refractivity contribution < 1.29 is 31.9 Å². The van der Waals surface area contributed by atoms with Crippen molar-refractivity contribution >= 4 is 5.78 Å². The zero-order valence-corrected chi connectivity index (χ0v) is 11.6. The molecule has 0 aromatic rings. The highest BCUT2D eigenvalue weighted by Crippen LogP contribution is 2.55. The van der Waals surface area contributed by atoms with E-state index in [0.29, 0.717) is 6.42 Å². The molecule has 0 aliphatic heterocycles. The van der Waals surface area contributed by atoms with E-state index in [1.807, 2.05) is 6.08 Å². The topological polar surface area (TPSA) is 37.3 Å². The molecule has 0 aromatic heterocycles. The van der Waals surface area contributed by atoms with E-state index in [1.54, 1.807) is 6.08 Å². The molecule has 120 valence electrons. The van der Waals surface area contributed by atoms with Gasteiger partial charge in [-0.15, -0.1) is 0 Å². The largest absolute Gasteiger partial charge is 0.456 e. The first-order valence-corrected chi connectivity index (χ1v) is 6.82. The second kappa shape index (κ2) is 4.76. The maximum atomic E-state index is 14.2. The lowest BCUT2D eigenvalue weighted by Crippen LogP contribution is -2.64. The number of hydrogen-bond donors (Lipinski definition) is 1. The molecule has 0 amide bonds. The minimum absolute atomic E-state index is 0.0120. The maximum Gasteiger partial charge on any atom is 0.456 e. The predicted molar refractivity (Wildman–Crippen MR) is 64.6 cm³/mol. The summed E-state index contributed by atoms with van der Waals surface area (Å²) in [7, 11) is 0. The highest BCUT2D eigenvalue weighted by atomic mass is 19.4. The Bertz CT molecular complexity index is 468. The lowest BCUT2D eigenvalue weighted by atomic mass is 9.67. The van der Waals surface area contributed by atoms with Gasteiger partial charge in [0.2, 0.25) is 0 Å². The van der Waals surface area contributed by atoms with E-state index in [-0.39, 0.29) is 12.3 Å². The van der Waals surface area contributed by atoms with Gasteiger partial charge < -0.3 is 5.11 Å². The minimum Gasteiger partial charge on any atom is -0.382 e. The lowest BCUT2D eigenvalue weighted by molar-refractivity contribution is -0.251. The molecule has 0 spiro atoms. The van der Waals surface area contributed by atoms with E-state index in [2.05, 4.69) is 0 Å². The van der Waals surface area contributed by atoms with Gasteiger partial charge in [0.25, 0.3) is 0 Å². The van der Waals surface area contributed by atoms with Crippen molar-refractivity contribution in [1.29, 1.82) is 0 Å². The monoisotopic (exact) mass is 312 g/mol. The summed E-state index contributed by atoms with van der Waals surface area (Å²) in [5, 5.41) is 10.5. The summed E-state index contributed by atoms with van der Waals surface area (Å²) in [5.74, 6) is -10.7. The standard InChI is InChI=1S/C14H17F5O2/c1-7(2)12(21,10-6-8-3-4-9(10)5-8)13(15,16)11(20)14(17,18)19/h3-4,7-10,21H,5-6H2,1-2H3. The third-order valence-electron chi connectivity index (χ3n) is 4.77. The first-order chi connectivity index (χ1) is 9.42. The summed E-state index contributed by atoms with van der Waals surface area (Å²) in [4.78, 5) is 11.1. The first kappa shape index (κ1) is 16.4. The van der Waals surface area contributed by atoms with E-state index in [9.17, 15) is 31.9 Å². The molecule has 0 saturated heterocycles. The SMILES string of the molecule is CC(C)C(O)(C1CC2C=CC1C2)C(F)(F)C(=O)C(F)(F)F. The van der Waals surface area contributed by atoms with Gasteiger partial charge in [0, 0.05) is 5.92 Å². The van der Waals surface area contributed by atoms with Gasteiger partial charge in [-0.2, -0.15) is 22.0 Å². The lowest BCUT2D eigenvalue weighted by Gasteiger charge is -2.45. The van der Waals surface area contributed by atoms with Crippen molar-refractivity contribution in [3.8, 4) is 0 Å². The van der Waals surface area contributed by atoms with Crippen LogP contribution in [0.4, 0.5) is 22.0 Å². The van der Waals surface area contributed by atoms with Crippen LogP contribution < -0.4 is 0 Å². The van der Waals surface area contributed by atoms with Crippen molar-refractivity contribution in [3.63, 3.8) is 0 Å². The van der Waals surface area contributed by atoms with Crippen LogP contribution >= 0.6 is 0 Å². The van der Waals surface area contributed by atoms with Crippen LogP contribution in [0.1, 0.15) is 26.7 Å². The Hall–Kier alpha value is -0.980. The molecule has 0 heterocycles. The molecular weight excluding hydrogens is 295 g/mol. The minimum atomic E-state index is -5.68. The first-order valence-electron chi connectivity index (χ1n) is 6.82. The zero-order chi connectivity index (χ0) is 16.2. The molecule has 1 N–H and O–H groups in total. The molecule has 1 fully saturated rings. The second-order valence-corrected chi connectivity index (χ2v) is 6.27. The predicted octanol–water partition coefficient (Wildman–Crippen LogP) is 3.35. The molecule has 7 heteroatoms. The Morgan fingerprint density at radius 1 is 1.14 bits per heavy atom. The van der Waals surface area contributed by atoms with Crippen LogP contribution in [0, 0.1) is 23.7 Å². The van der Waals surface area contributed by atoms with E-state index in [1.165, 1.54) is 13.8 Å². The second-order valence-electron chi connectivity index (χ2n) is 6.27. The molecule has 2 aliphatic carbocycles. The van der Waals surface area contributed by atoms with Gasteiger partial charge in [0.1, 0.15) is 5.60 Å². The van der Waals surface area contributed by atoms with E-state index >= 15 is 0 Å². The average Bonchev–Trinajstić information content (AvgIpc) is 2.97. The summed E-state index contributed by atoms with van der Waals surface area (Å²) in [5.41, 5.74) is -3.00. The van der Waals surface area contributed by atoms with Crippen molar-refractivity contribution in [2.24, 2.45) is 23.7 Å². The molecule has 2 rings (SSSR count). The fraction of sp³-hybridized carbons (Fsp3) is 0.786. The molecular formula is C14H17F5O2. The fourth-order valence-corrected chi connectivity index (χ4v) is 3.67. The van der Waals surface area contributed by atoms with Crippen molar-refractivity contribution in [3.05, 3.63) is 12.2 Å². The summed E-state index contributed by atoms with van der Waals surface area (Å²) >= 11 is 0. The molecule has 0 aromatic carbocycles. The smallest absolute Gasteiger partial charge is 0.382 e. The molecule has 2 nitrogen and oxygen atoms in total. The Morgan fingerprint density at radius 2 is 1.71 bits per heavy atom. The van der Waals surface area contributed by atoms with Crippen LogP contribution in [-0.4, -0.2) is 28.6 Å². The number of carbonyl (C=O) groups excluding carboxylic acids is 1. The number of alkyl halides is 5. The number of ketones is 1. The van der Waals surface area contributed by atoms with E-state index in [0.717, 1.165) is 0 Å². The summed E-state index contributed by atoms with van der Waals surface area (Å²) in [6, 6.07) is 0. The van der Waals surface area contributed by atoms with Gasteiger partial charge in [-0.05, 0) is 30.6 Å². The van der Waals surface area contributed by atoms with E-state index < -0.39 is 41.2 Å². The van der Waals surface area contributed by atoms with Gasteiger partial charge in [0.15, 0.2) is 0 Å². The van der Waals surface area contributed by atoms with Crippen molar-refractivity contribution in [2.75, 3.05) is 0 Å². The quantitative estimate of drug-likeness (QED) is 0.638. The number of carbonyl (C=O) groups is 1. The summed E-state index contributed by atoms with van der Waals surface area (Å²) in [6.07, 6.45) is -1.49. The average molecular weight is 312 g/mol. The van der Waals surface area contributed by atoms with Crippen LogP contribution in [0.5, 0.6) is 0 Å². The van der Waals surface area contributed by atoms with Crippen LogP contribution in [0.15, 0.2) is 12.2 Å². The van der Waals surface area contributed by atoms with Gasteiger partial charge in [0.05, 0.1) is 0 Å². The summed E-state index contributed by atoms with van der Waals surface area (Å²) in [6.45, 7) is 2.43. The van der Waals surface area contributed by atoms with Gasteiger partial charge in [-0.3, -0.25) is 4.79 Å². The van der Waals surface area contributed by atoms with Gasteiger partial charge in [-0.25, -0.2) is 0 Å². The Kier molecular flexibility index (Phi) is 3.72. The molecule has 2 aliphatic rings. The van der Waals surface area contributed by atoms with Crippen LogP contribution in [0.3, 0.4) is 0 Å². The molecule has 1 saturated carbocycles. The molecule has 0 radical (unpaired) electrons. The molecule has 2 bridgehead atoms. The number of Topliss-reactive ketones (excluding diaryl/α,β-unsaturated/α-hetero) is 1. The zero-order valence-electron chi connectivity index (χ0n) is 11.6. The fourth-order valence-electron chi connectivity index (χ4n) is 3.67. The van der Waals surface area contributed by atoms with Crippen LogP contribution in [-0.2, 0) is 4.79 Å². The highest BCUT2D eigenvalue weighted by Gasteiger charge is 2.70. The normalized spacial score (nSPS) is 31.8. The maximum absolute atomic E-state index is 14.2. The van der Waals surface area contributed by atoms with Gasteiger partial charge in [-0.1, -0.05) is 26.0 Å². The number of aliphatic hydroxyl groups is 1. The van der Waals surface area contributed by atoms with Crippen molar-refractivity contribution in [1.82, 2.24) is 0 Å². The number of allylic oxidation sites excluding steroid dienone is 2. The van der Waals surface area contributed by atoms with Crippen LogP contribution in [0.25, 0.3) is 0 Å². The number of fused-ring (bicyclic) bond motifs is 2. The summed E-state index contributed by atoms with van der Waals surface area (Å²) < 4.78 is 65.9. The Balaban J connectivity index is 2.43. The van der Waals surface area contributed by atoms with Crippen molar-refractivity contribution in [2.45, 2.75) is 44.4 Å². The molecule has 4 atom stereocenters. The van der Waals surface area contributed by atoms with E-state index in [4.69, 9.17) is 0 Å². The third kappa shape index (κ3) is 2.29. The number of rotatable bonds is 4. The highest BCUT2D eigenvalue weighted by molar-refractivity contribution is 5.92. The number of hydrogen-bond acceptors (Lipinski definition) is 2. The van der Waals surface area contributed by atoms with Crippen LogP contribution in [0.2, 0.25) is 0 Å². The Labute approximate surface area is 119 Å². The number of halogens is 5. The van der Waals surface area contributed by atoms with Gasteiger partial charge >= 0.3 is 17.9 Å². The molecule has 21 heavy (non-hydrogen) atoms. The Morgan fingerprint density at radius 3 is 2.05 bits per heavy atom.